The van der Waals surface area contributed by atoms with Crippen LogP contribution in [0, 0.1) is 0 Å². The first kappa shape index (κ1) is 13.0. The van der Waals surface area contributed by atoms with E-state index in [1.54, 1.807) is 11.9 Å². The summed E-state index contributed by atoms with van der Waals surface area (Å²) in [5, 5.41) is 5.67. The monoisotopic (exact) mass is 227 g/mol. The standard InChI is InChI=1S/C11H21N3O2/c1-3-6-13-8-10(15)14-7-4-5-9(14)11(16)12-2/h9,13H,3-8H2,1-2H3,(H,12,16). The zero-order chi connectivity index (χ0) is 12.0. The molecule has 0 saturated carbocycles. The minimum atomic E-state index is -0.263. The molecule has 0 spiro atoms. The Labute approximate surface area is 96.6 Å². The normalized spacial score (nSPS) is 19.9. The number of likely N-dealkylation sites (tertiary alicyclic amines) is 1. The number of carbonyl (C=O) groups is 2. The van der Waals surface area contributed by atoms with Crippen LogP contribution in [0.2, 0.25) is 0 Å². The van der Waals surface area contributed by atoms with E-state index < -0.39 is 0 Å². The number of nitrogens with zero attached hydrogens (tertiary/aromatic N) is 1. The predicted octanol–water partition coefficient (Wildman–Crippen LogP) is -0.277. The molecule has 0 aromatic heterocycles. The van der Waals surface area contributed by atoms with Gasteiger partial charge in [-0.3, -0.25) is 9.59 Å². The van der Waals surface area contributed by atoms with E-state index in [0.717, 1.165) is 25.8 Å². The molecular weight excluding hydrogens is 206 g/mol. The number of carbonyl (C=O) groups excluding carboxylic acids is 2. The van der Waals surface area contributed by atoms with Crippen LogP contribution in [0.25, 0.3) is 0 Å². The second kappa shape index (κ2) is 6.48. The summed E-state index contributed by atoms with van der Waals surface area (Å²) in [6, 6.07) is -0.263. The first-order valence-corrected chi connectivity index (χ1v) is 5.92. The van der Waals surface area contributed by atoms with Gasteiger partial charge >= 0.3 is 0 Å². The third kappa shape index (κ3) is 3.20. The predicted molar refractivity (Wildman–Crippen MR) is 62.0 cm³/mol. The van der Waals surface area contributed by atoms with Gasteiger partial charge in [-0.2, -0.15) is 0 Å². The maximum Gasteiger partial charge on any atom is 0.242 e. The minimum Gasteiger partial charge on any atom is -0.357 e. The molecule has 5 heteroatoms. The van der Waals surface area contributed by atoms with Crippen molar-refractivity contribution < 1.29 is 9.59 Å². The molecule has 1 fully saturated rings. The lowest BCUT2D eigenvalue weighted by Gasteiger charge is -2.23. The van der Waals surface area contributed by atoms with Gasteiger partial charge in [0.05, 0.1) is 6.54 Å². The third-order valence-corrected chi connectivity index (χ3v) is 2.83. The second-order valence-electron chi connectivity index (χ2n) is 4.04. The van der Waals surface area contributed by atoms with Crippen LogP contribution in [0.5, 0.6) is 0 Å². The quantitative estimate of drug-likeness (QED) is 0.635. The lowest BCUT2D eigenvalue weighted by atomic mass is 10.2. The lowest BCUT2D eigenvalue weighted by molar-refractivity contribution is -0.137. The largest absolute Gasteiger partial charge is 0.357 e. The first-order valence-electron chi connectivity index (χ1n) is 5.92. The molecule has 5 nitrogen and oxygen atoms in total. The van der Waals surface area contributed by atoms with Crippen molar-refractivity contribution in [2.24, 2.45) is 0 Å². The molecule has 92 valence electrons. The number of likely N-dealkylation sites (N-methyl/N-ethyl adjacent to an activating group) is 1. The molecule has 0 aromatic carbocycles. The topological polar surface area (TPSA) is 61.4 Å². The summed E-state index contributed by atoms with van der Waals surface area (Å²) in [6.07, 6.45) is 2.70. The van der Waals surface area contributed by atoms with Crippen molar-refractivity contribution in [2.75, 3.05) is 26.7 Å². The van der Waals surface area contributed by atoms with E-state index in [-0.39, 0.29) is 17.9 Å². The molecule has 1 rings (SSSR count). The molecule has 0 bridgehead atoms. The van der Waals surface area contributed by atoms with Crippen LogP contribution in [0.15, 0.2) is 0 Å². The maximum absolute atomic E-state index is 11.8. The zero-order valence-corrected chi connectivity index (χ0v) is 10.1. The van der Waals surface area contributed by atoms with Crippen LogP contribution in [-0.4, -0.2) is 49.4 Å². The van der Waals surface area contributed by atoms with Gasteiger partial charge in [0, 0.05) is 13.6 Å². The highest BCUT2D eigenvalue weighted by atomic mass is 16.2. The fraction of sp³-hybridized carbons (Fsp3) is 0.818. The lowest BCUT2D eigenvalue weighted by Crippen LogP contribution is -2.47. The van der Waals surface area contributed by atoms with E-state index >= 15 is 0 Å². The van der Waals surface area contributed by atoms with Gasteiger partial charge in [0.2, 0.25) is 11.8 Å². The highest BCUT2D eigenvalue weighted by Gasteiger charge is 2.32. The Bertz CT molecular complexity index is 256. The molecule has 1 unspecified atom stereocenters. The molecule has 1 aliphatic heterocycles. The highest BCUT2D eigenvalue weighted by molar-refractivity contribution is 5.88. The summed E-state index contributed by atoms with van der Waals surface area (Å²) < 4.78 is 0. The maximum atomic E-state index is 11.8. The van der Waals surface area contributed by atoms with Crippen molar-refractivity contribution in [3.63, 3.8) is 0 Å². The van der Waals surface area contributed by atoms with Crippen molar-refractivity contribution in [3.05, 3.63) is 0 Å². The summed E-state index contributed by atoms with van der Waals surface area (Å²) >= 11 is 0. The molecule has 2 amide bonds. The van der Waals surface area contributed by atoms with Gasteiger partial charge in [-0.15, -0.1) is 0 Å². The number of rotatable bonds is 5. The fourth-order valence-corrected chi connectivity index (χ4v) is 1.98. The van der Waals surface area contributed by atoms with Gasteiger partial charge in [0.1, 0.15) is 6.04 Å². The zero-order valence-electron chi connectivity index (χ0n) is 10.1. The molecule has 0 radical (unpaired) electrons. The van der Waals surface area contributed by atoms with Crippen LogP contribution < -0.4 is 10.6 Å². The summed E-state index contributed by atoms with van der Waals surface area (Å²) in [6.45, 7) is 3.93. The molecule has 16 heavy (non-hydrogen) atoms. The van der Waals surface area contributed by atoms with E-state index in [2.05, 4.69) is 17.6 Å². The van der Waals surface area contributed by atoms with Gasteiger partial charge in [-0.25, -0.2) is 0 Å². The van der Waals surface area contributed by atoms with Crippen molar-refractivity contribution in [3.8, 4) is 0 Å². The van der Waals surface area contributed by atoms with E-state index in [1.165, 1.54) is 0 Å². The Morgan fingerprint density at radius 1 is 1.44 bits per heavy atom. The van der Waals surface area contributed by atoms with E-state index in [0.29, 0.717) is 13.1 Å². The van der Waals surface area contributed by atoms with Crippen LogP contribution in [-0.2, 0) is 9.59 Å². The molecule has 2 N–H and O–H groups in total. The highest BCUT2D eigenvalue weighted by Crippen LogP contribution is 2.17. The van der Waals surface area contributed by atoms with Crippen molar-refractivity contribution >= 4 is 11.8 Å². The van der Waals surface area contributed by atoms with Gasteiger partial charge in [0.15, 0.2) is 0 Å². The summed E-state index contributed by atoms with van der Waals surface area (Å²) in [5.41, 5.74) is 0. The number of hydrogen-bond acceptors (Lipinski definition) is 3. The first-order chi connectivity index (χ1) is 7.70. The molecule has 1 saturated heterocycles. The second-order valence-corrected chi connectivity index (χ2v) is 4.04. The molecule has 1 atom stereocenters. The Hall–Kier alpha value is -1.10. The van der Waals surface area contributed by atoms with E-state index in [4.69, 9.17) is 0 Å². The molecule has 0 aliphatic carbocycles. The van der Waals surface area contributed by atoms with Gasteiger partial charge in [0.25, 0.3) is 0 Å². The molecule has 1 heterocycles. The van der Waals surface area contributed by atoms with Crippen molar-refractivity contribution in [2.45, 2.75) is 32.2 Å². The Morgan fingerprint density at radius 3 is 2.81 bits per heavy atom. The number of amides is 2. The smallest absolute Gasteiger partial charge is 0.242 e. The van der Waals surface area contributed by atoms with E-state index in [9.17, 15) is 9.59 Å². The summed E-state index contributed by atoms with van der Waals surface area (Å²) in [7, 11) is 1.61. The minimum absolute atomic E-state index is 0.0274. The van der Waals surface area contributed by atoms with Crippen LogP contribution in [0.1, 0.15) is 26.2 Å². The van der Waals surface area contributed by atoms with Crippen LogP contribution in [0.4, 0.5) is 0 Å². The Balaban J connectivity index is 2.44. The van der Waals surface area contributed by atoms with Crippen molar-refractivity contribution in [1.82, 2.24) is 15.5 Å². The number of hydrogen-bond donors (Lipinski definition) is 2. The van der Waals surface area contributed by atoms with Gasteiger partial charge in [-0.1, -0.05) is 6.92 Å². The molecular formula is C11H21N3O2. The van der Waals surface area contributed by atoms with Gasteiger partial charge in [-0.05, 0) is 25.8 Å². The average Bonchev–Trinajstić information content (AvgIpc) is 2.77. The average molecular weight is 227 g/mol. The molecule has 1 aliphatic rings. The molecule has 0 aromatic rings. The van der Waals surface area contributed by atoms with Crippen molar-refractivity contribution in [1.29, 1.82) is 0 Å². The van der Waals surface area contributed by atoms with Crippen LogP contribution in [0.3, 0.4) is 0 Å². The third-order valence-electron chi connectivity index (χ3n) is 2.83. The summed E-state index contributed by atoms with van der Waals surface area (Å²) in [5.74, 6) is -0.0270. The number of nitrogens with one attached hydrogen (secondary N) is 2. The van der Waals surface area contributed by atoms with Gasteiger partial charge < -0.3 is 15.5 Å². The Morgan fingerprint density at radius 2 is 2.19 bits per heavy atom. The Kier molecular flexibility index (Phi) is 5.25. The van der Waals surface area contributed by atoms with Crippen LogP contribution >= 0.6 is 0 Å². The fourth-order valence-electron chi connectivity index (χ4n) is 1.98. The SMILES string of the molecule is CCCNCC(=O)N1CCCC1C(=O)NC. The van der Waals surface area contributed by atoms with E-state index in [1.807, 2.05) is 0 Å². The summed E-state index contributed by atoms with van der Waals surface area (Å²) in [4.78, 5) is 25.0.